The molecular formula is C11H17ClN2O. The van der Waals surface area contributed by atoms with Crippen LogP contribution in [0.1, 0.15) is 5.56 Å². The Balaban J connectivity index is 2.45. The Labute approximate surface area is 95.6 Å². The summed E-state index contributed by atoms with van der Waals surface area (Å²) in [5.41, 5.74) is 6.57. The molecule has 4 heteroatoms. The molecule has 0 amide bonds. The van der Waals surface area contributed by atoms with E-state index in [1.54, 1.807) is 7.11 Å². The van der Waals surface area contributed by atoms with Crippen LogP contribution in [0.4, 0.5) is 0 Å². The molecule has 0 saturated carbocycles. The van der Waals surface area contributed by atoms with Gasteiger partial charge in [-0.2, -0.15) is 0 Å². The third-order valence-corrected chi connectivity index (χ3v) is 2.42. The van der Waals surface area contributed by atoms with Gasteiger partial charge in [-0.3, -0.25) is 0 Å². The third kappa shape index (κ3) is 4.08. The van der Waals surface area contributed by atoms with Crippen LogP contribution in [0.2, 0.25) is 5.02 Å². The zero-order valence-electron chi connectivity index (χ0n) is 8.92. The van der Waals surface area contributed by atoms with E-state index in [0.29, 0.717) is 11.6 Å². The second-order valence-corrected chi connectivity index (χ2v) is 3.66. The molecule has 3 nitrogen and oxygen atoms in total. The van der Waals surface area contributed by atoms with Gasteiger partial charge < -0.3 is 15.8 Å². The molecule has 84 valence electrons. The van der Waals surface area contributed by atoms with Gasteiger partial charge in [0.15, 0.2) is 0 Å². The molecule has 0 aliphatic heterocycles. The highest BCUT2D eigenvalue weighted by atomic mass is 35.5. The number of halogens is 1. The van der Waals surface area contributed by atoms with Crippen molar-refractivity contribution >= 4 is 11.6 Å². The largest absolute Gasteiger partial charge is 0.495 e. The van der Waals surface area contributed by atoms with E-state index in [-0.39, 0.29) is 0 Å². The summed E-state index contributed by atoms with van der Waals surface area (Å²) in [5.74, 6) is 0.718. The normalized spacial score (nSPS) is 10.3. The standard InChI is InChI=1S/C11H17ClN2O/c1-15-11-3-2-9(8-10(11)12)4-6-14-7-5-13/h2-3,8,14H,4-7,13H2,1H3. The molecule has 0 fully saturated rings. The van der Waals surface area contributed by atoms with Crippen molar-refractivity contribution in [2.45, 2.75) is 6.42 Å². The minimum Gasteiger partial charge on any atom is -0.495 e. The Morgan fingerprint density at radius 2 is 2.20 bits per heavy atom. The highest BCUT2D eigenvalue weighted by Crippen LogP contribution is 2.24. The van der Waals surface area contributed by atoms with Gasteiger partial charge in [0.1, 0.15) is 5.75 Å². The van der Waals surface area contributed by atoms with Crippen LogP contribution in [0.5, 0.6) is 5.75 Å². The average Bonchev–Trinajstić information content (AvgIpc) is 2.25. The molecule has 15 heavy (non-hydrogen) atoms. The second-order valence-electron chi connectivity index (χ2n) is 3.26. The van der Waals surface area contributed by atoms with Crippen molar-refractivity contribution in [2.75, 3.05) is 26.7 Å². The van der Waals surface area contributed by atoms with Crippen molar-refractivity contribution < 1.29 is 4.74 Å². The first kappa shape index (κ1) is 12.3. The van der Waals surface area contributed by atoms with Gasteiger partial charge in [-0.15, -0.1) is 0 Å². The van der Waals surface area contributed by atoms with Gasteiger partial charge in [-0.05, 0) is 30.7 Å². The monoisotopic (exact) mass is 228 g/mol. The molecular weight excluding hydrogens is 212 g/mol. The lowest BCUT2D eigenvalue weighted by Crippen LogP contribution is -2.24. The second kappa shape index (κ2) is 6.67. The van der Waals surface area contributed by atoms with Gasteiger partial charge in [-0.25, -0.2) is 0 Å². The van der Waals surface area contributed by atoms with Gasteiger partial charge in [0.25, 0.3) is 0 Å². The Morgan fingerprint density at radius 3 is 2.80 bits per heavy atom. The lowest BCUT2D eigenvalue weighted by atomic mass is 10.1. The van der Waals surface area contributed by atoms with E-state index in [1.807, 2.05) is 18.2 Å². The zero-order valence-corrected chi connectivity index (χ0v) is 9.68. The van der Waals surface area contributed by atoms with Crippen LogP contribution in [-0.4, -0.2) is 26.7 Å². The van der Waals surface area contributed by atoms with Crippen molar-refractivity contribution in [3.63, 3.8) is 0 Å². The van der Waals surface area contributed by atoms with Crippen molar-refractivity contribution in [1.82, 2.24) is 5.32 Å². The molecule has 0 unspecified atom stereocenters. The molecule has 0 atom stereocenters. The number of rotatable bonds is 6. The van der Waals surface area contributed by atoms with E-state index in [2.05, 4.69) is 5.32 Å². The lowest BCUT2D eigenvalue weighted by Gasteiger charge is -2.06. The van der Waals surface area contributed by atoms with Crippen LogP contribution in [0.3, 0.4) is 0 Å². The summed E-state index contributed by atoms with van der Waals surface area (Å²) in [6.45, 7) is 2.44. The maximum absolute atomic E-state index is 6.00. The predicted molar refractivity (Wildman–Crippen MR) is 63.6 cm³/mol. The van der Waals surface area contributed by atoms with E-state index in [1.165, 1.54) is 5.56 Å². The fourth-order valence-electron chi connectivity index (χ4n) is 1.33. The van der Waals surface area contributed by atoms with Gasteiger partial charge in [0.05, 0.1) is 12.1 Å². The summed E-state index contributed by atoms with van der Waals surface area (Å²) in [4.78, 5) is 0. The van der Waals surface area contributed by atoms with Gasteiger partial charge in [0.2, 0.25) is 0 Å². The van der Waals surface area contributed by atoms with Crippen LogP contribution in [-0.2, 0) is 6.42 Å². The highest BCUT2D eigenvalue weighted by molar-refractivity contribution is 6.32. The SMILES string of the molecule is COc1ccc(CCNCCN)cc1Cl. The number of ether oxygens (including phenoxy) is 1. The number of benzene rings is 1. The van der Waals surface area contributed by atoms with E-state index < -0.39 is 0 Å². The molecule has 0 radical (unpaired) electrons. The molecule has 0 aromatic heterocycles. The summed E-state index contributed by atoms with van der Waals surface area (Å²) >= 11 is 6.00. The number of hydrogen-bond acceptors (Lipinski definition) is 3. The molecule has 0 heterocycles. The quantitative estimate of drug-likeness (QED) is 0.725. The fourth-order valence-corrected chi connectivity index (χ4v) is 1.61. The lowest BCUT2D eigenvalue weighted by molar-refractivity contribution is 0.415. The van der Waals surface area contributed by atoms with E-state index in [9.17, 15) is 0 Å². The highest BCUT2D eigenvalue weighted by Gasteiger charge is 2.01. The summed E-state index contributed by atoms with van der Waals surface area (Å²) in [7, 11) is 1.61. The van der Waals surface area contributed by atoms with Gasteiger partial charge in [0, 0.05) is 13.1 Å². The Hall–Kier alpha value is -0.770. The van der Waals surface area contributed by atoms with Crippen LogP contribution >= 0.6 is 11.6 Å². The van der Waals surface area contributed by atoms with Crippen LogP contribution < -0.4 is 15.8 Å². The van der Waals surface area contributed by atoms with Crippen molar-refractivity contribution in [3.8, 4) is 5.75 Å². The Bertz CT molecular complexity index is 305. The molecule has 1 aromatic carbocycles. The first-order valence-electron chi connectivity index (χ1n) is 5.01. The molecule has 0 aliphatic rings. The molecule has 0 bridgehead atoms. The minimum absolute atomic E-state index is 0.661. The number of nitrogens with one attached hydrogen (secondary N) is 1. The first-order chi connectivity index (χ1) is 7.27. The van der Waals surface area contributed by atoms with Crippen molar-refractivity contribution in [1.29, 1.82) is 0 Å². The van der Waals surface area contributed by atoms with E-state index in [0.717, 1.165) is 25.3 Å². The first-order valence-corrected chi connectivity index (χ1v) is 5.39. The van der Waals surface area contributed by atoms with E-state index in [4.69, 9.17) is 22.1 Å². The topological polar surface area (TPSA) is 47.3 Å². The third-order valence-electron chi connectivity index (χ3n) is 2.13. The minimum atomic E-state index is 0.661. The maximum Gasteiger partial charge on any atom is 0.137 e. The fraction of sp³-hybridized carbons (Fsp3) is 0.455. The molecule has 0 saturated heterocycles. The van der Waals surface area contributed by atoms with Gasteiger partial charge in [-0.1, -0.05) is 17.7 Å². The van der Waals surface area contributed by atoms with Crippen LogP contribution in [0, 0.1) is 0 Å². The average molecular weight is 229 g/mol. The summed E-state index contributed by atoms with van der Waals surface area (Å²) in [6.07, 6.45) is 0.948. The number of hydrogen-bond donors (Lipinski definition) is 2. The smallest absolute Gasteiger partial charge is 0.137 e. The Kier molecular flexibility index (Phi) is 5.47. The molecule has 0 aliphatic carbocycles. The Morgan fingerprint density at radius 1 is 1.40 bits per heavy atom. The van der Waals surface area contributed by atoms with Crippen LogP contribution in [0.15, 0.2) is 18.2 Å². The summed E-state index contributed by atoms with van der Waals surface area (Å²) < 4.78 is 5.08. The van der Waals surface area contributed by atoms with Crippen molar-refractivity contribution in [2.24, 2.45) is 5.73 Å². The summed E-state index contributed by atoms with van der Waals surface area (Å²) in [5, 5.41) is 3.89. The summed E-state index contributed by atoms with van der Waals surface area (Å²) in [6, 6.07) is 5.85. The van der Waals surface area contributed by atoms with E-state index >= 15 is 0 Å². The van der Waals surface area contributed by atoms with Crippen LogP contribution in [0.25, 0.3) is 0 Å². The number of methoxy groups -OCH3 is 1. The zero-order chi connectivity index (χ0) is 11.1. The maximum atomic E-state index is 6.00. The number of nitrogens with two attached hydrogens (primary N) is 1. The van der Waals surface area contributed by atoms with Crippen molar-refractivity contribution in [3.05, 3.63) is 28.8 Å². The molecule has 1 rings (SSSR count). The molecule has 3 N–H and O–H groups in total. The van der Waals surface area contributed by atoms with Gasteiger partial charge >= 0.3 is 0 Å². The molecule has 1 aromatic rings. The predicted octanol–water partition coefficient (Wildman–Crippen LogP) is 1.44. The molecule has 0 spiro atoms.